The molecular weight excluding hydrogens is 219 g/mol. The summed E-state index contributed by atoms with van der Waals surface area (Å²) in [5.74, 6) is 0. The topological polar surface area (TPSA) is 35.8 Å². The van der Waals surface area contributed by atoms with Gasteiger partial charge in [0.05, 0.1) is 6.07 Å². The van der Waals surface area contributed by atoms with Crippen molar-refractivity contribution in [1.82, 2.24) is 5.32 Å². The van der Waals surface area contributed by atoms with Crippen LogP contribution in [-0.2, 0) is 0 Å². The van der Waals surface area contributed by atoms with Crippen molar-refractivity contribution >= 4 is 23.2 Å². The zero-order valence-electron chi connectivity index (χ0n) is 7.72. The molecule has 0 aliphatic heterocycles. The molecule has 1 atom stereocenters. The lowest BCUT2D eigenvalue weighted by atomic mass is 10.1. The molecule has 0 aromatic heterocycles. The summed E-state index contributed by atoms with van der Waals surface area (Å²) in [6, 6.07) is 6.84. The van der Waals surface area contributed by atoms with Gasteiger partial charge in [-0.25, -0.2) is 0 Å². The number of halogens is 2. The summed E-state index contributed by atoms with van der Waals surface area (Å²) >= 11 is 11.8. The molecule has 0 radical (unpaired) electrons. The van der Waals surface area contributed by atoms with Gasteiger partial charge in [0.25, 0.3) is 0 Å². The second kappa shape index (κ2) is 5.21. The minimum atomic E-state index is -0.397. The monoisotopic (exact) mass is 228 g/mol. The smallest absolute Gasteiger partial charge is 0.122 e. The summed E-state index contributed by atoms with van der Waals surface area (Å²) in [5, 5.41) is 13.1. The van der Waals surface area contributed by atoms with Crippen molar-refractivity contribution in [3.05, 3.63) is 33.8 Å². The number of nitrogens with one attached hydrogen (secondary N) is 1. The quantitative estimate of drug-likeness (QED) is 0.863. The van der Waals surface area contributed by atoms with E-state index in [0.29, 0.717) is 16.6 Å². The van der Waals surface area contributed by atoms with Crippen molar-refractivity contribution in [2.75, 3.05) is 6.54 Å². The van der Waals surface area contributed by atoms with Gasteiger partial charge < -0.3 is 0 Å². The SMILES string of the molecule is CCNC(C#N)c1cc(Cl)ccc1Cl. The van der Waals surface area contributed by atoms with E-state index in [-0.39, 0.29) is 0 Å². The Kier molecular flexibility index (Phi) is 4.21. The molecule has 0 bridgehead atoms. The number of nitrogens with zero attached hydrogens (tertiary/aromatic N) is 1. The molecule has 0 aliphatic rings. The molecule has 0 fully saturated rings. The van der Waals surface area contributed by atoms with Gasteiger partial charge in [0.1, 0.15) is 6.04 Å². The van der Waals surface area contributed by atoms with Crippen LogP contribution in [0.25, 0.3) is 0 Å². The molecular formula is C10H10Cl2N2. The van der Waals surface area contributed by atoms with Crippen LogP contribution in [0.3, 0.4) is 0 Å². The minimum Gasteiger partial charge on any atom is -0.298 e. The predicted octanol–water partition coefficient (Wildman–Crippen LogP) is 3.17. The lowest BCUT2D eigenvalue weighted by Crippen LogP contribution is -2.19. The molecule has 1 unspecified atom stereocenters. The third kappa shape index (κ3) is 2.62. The van der Waals surface area contributed by atoms with Crippen LogP contribution in [0, 0.1) is 11.3 Å². The first kappa shape index (κ1) is 11.3. The van der Waals surface area contributed by atoms with Crippen molar-refractivity contribution in [1.29, 1.82) is 5.26 Å². The molecule has 0 saturated carbocycles. The van der Waals surface area contributed by atoms with Crippen LogP contribution in [0.15, 0.2) is 18.2 Å². The molecule has 0 spiro atoms. The molecule has 1 aromatic carbocycles. The van der Waals surface area contributed by atoms with Gasteiger partial charge in [0, 0.05) is 15.6 Å². The van der Waals surface area contributed by atoms with E-state index in [1.165, 1.54) is 0 Å². The number of hydrogen-bond acceptors (Lipinski definition) is 2. The Morgan fingerprint density at radius 3 is 2.79 bits per heavy atom. The molecule has 1 aromatic rings. The fraction of sp³-hybridized carbons (Fsp3) is 0.300. The Labute approximate surface area is 93.4 Å². The van der Waals surface area contributed by atoms with Gasteiger partial charge in [-0.2, -0.15) is 5.26 Å². The zero-order chi connectivity index (χ0) is 10.6. The highest BCUT2D eigenvalue weighted by Crippen LogP contribution is 2.25. The van der Waals surface area contributed by atoms with E-state index in [0.717, 1.165) is 5.56 Å². The van der Waals surface area contributed by atoms with Crippen molar-refractivity contribution in [3.63, 3.8) is 0 Å². The Bertz CT molecular complexity index is 358. The molecule has 0 amide bonds. The lowest BCUT2D eigenvalue weighted by Gasteiger charge is -2.11. The number of hydrogen-bond donors (Lipinski definition) is 1. The van der Waals surface area contributed by atoms with Crippen molar-refractivity contribution in [2.24, 2.45) is 0 Å². The van der Waals surface area contributed by atoms with Crippen LogP contribution in [-0.4, -0.2) is 6.54 Å². The Balaban J connectivity index is 3.03. The first-order valence-electron chi connectivity index (χ1n) is 4.27. The number of nitriles is 1. The Morgan fingerprint density at radius 2 is 2.21 bits per heavy atom. The predicted molar refractivity (Wildman–Crippen MR) is 58.5 cm³/mol. The van der Waals surface area contributed by atoms with Gasteiger partial charge in [0.15, 0.2) is 0 Å². The summed E-state index contributed by atoms with van der Waals surface area (Å²) in [7, 11) is 0. The van der Waals surface area contributed by atoms with Crippen molar-refractivity contribution in [2.45, 2.75) is 13.0 Å². The van der Waals surface area contributed by atoms with Crippen LogP contribution in [0.1, 0.15) is 18.5 Å². The molecule has 0 saturated heterocycles. The van der Waals surface area contributed by atoms with Crippen LogP contribution in [0.4, 0.5) is 0 Å². The van der Waals surface area contributed by atoms with Gasteiger partial charge in [-0.1, -0.05) is 30.1 Å². The highest BCUT2D eigenvalue weighted by molar-refractivity contribution is 6.33. The summed E-state index contributed by atoms with van der Waals surface area (Å²) in [6.07, 6.45) is 0. The van der Waals surface area contributed by atoms with E-state index in [1.54, 1.807) is 18.2 Å². The van der Waals surface area contributed by atoms with Gasteiger partial charge >= 0.3 is 0 Å². The second-order valence-electron chi connectivity index (χ2n) is 2.79. The Hall–Kier alpha value is -0.750. The molecule has 1 rings (SSSR count). The summed E-state index contributed by atoms with van der Waals surface area (Å²) in [5.41, 5.74) is 0.725. The Morgan fingerprint density at radius 1 is 1.50 bits per heavy atom. The summed E-state index contributed by atoms with van der Waals surface area (Å²) in [4.78, 5) is 0. The van der Waals surface area contributed by atoms with Gasteiger partial charge in [-0.05, 0) is 24.7 Å². The highest BCUT2D eigenvalue weighted by Gasteiger charge is 2.12. The van der Waals surface area contributed by atoms with Crippen LogP contribution in [0.2, 0.25) is 10.0 Å². The summed E-state index contributed by atoms with van der Waals surface area (Å²) < 4.78 is 0. The normalized spacial score (nSPS) is 12.1. The maximum atomic E-state index is 8.91. The van der Waals surface area contributed by atoms with E-state index in [1.807, 2.05) is 6.92 Å². The fourth-order valence-electron chi connectivity index (χ4n) is 1.17. The van der Waals surface area contributed by atoms with Gasteiger partial charge in [-0.15, -0.1) is 0 Å². The van der Waals surface area contributed by atoms with Crippen molar-refractivity contribution in [3.8, 4) is 6.07 Å². The fourth-order valence-corrected chi connectivity index (χ4v) is 1.57. The average Bonchev–Trinajstić information content (AvgIpc) is 2.18. The van der Waals surface area contributed by atoms with E-state index in [9.17, 15) is 0 Å². The standard InChI is InChI=1S/C10H10Cl2N2/c1-2-14-10(6-13)8-5-7(11)3-4-9(8)12/h3-5,10,14H,2H2,1H3. The van der Waals surface area contributed by atoms with Crippen LogP contribution >= 0.6 is 23.2 Å². The zero-order valence-corrected chi connectivity index (χ0v) is 9.23. The lowest BCUT2D eigenvalue weighted by molar-refractivity contribution is 0.658. The van der Waals surface area contributed by atoms with Gasteiger partial charge in [-0.3, -0.25) is 5.32 Å². The first-order chi connectivity index (χ1) is 6.69. The van der Waals surface area contributed by atoms with E-state index < -0.39 is 6.04 Å². The van der Waals surface area contributed by atoms with Gasteiger partial charge in [0.2, 0.25) is 0 Å². The van der Waals surface area contributed by atoms with E-state index >= 15 is 0 Å². The molecule has 0 aliphatic carbocycles. The molecule has 74 valence electrons. The van der Waals surface area contributed by atoms with E-state index in [4.69, 9.17) is 28.5 Å². The third-order valence-electron chi connectivity index (χ3n) is 1.81. The van der Waals surface area contributed by atoms with Crippen LogP contribution < -0.4 is 5.32 Å². The van der Waals surface area contributed by atoms with Crippen molar-refractivity contribution < 1.29 is 0 Å². The number of rotatable bonds is 3. The average molecular weight is 229 g/mol. The number of benzene rings is 1. The molecule has 0 heterocycles. The molecule has 14 heavy (non-hydrogen) atoms. The second-order valence-corrected chi connectivity index (χ2v) is 3.63. The maximum absolute atomic E-state index is 8.91. The molecule has 1 N–H and O–H groups in total. The summed E-state index contributed by atoms with van der Waals surface area (Å²) in [6.45, 7) is 2.64. The third-order valence-corrected chi connectivity index (χ3v) is 2.39. The minimum absolute atomic E-state index is 0.397. The van der Waals surface area contributed by atoms with E-state index in [2.05, 4.69) is 11.4 Å². The maximum Gasteiger partial charge on any atom is 0.122 e. The molecule has 4 heteroatoms. The first-order valence-corrected chi connectivity index (χ1v) is 5.02. The molecule has 2 nitrogen and oxygen atoms in total. The van der Waals surface area contributed by atoms with Crippen LogP contribution in [0.5, 0.6) is 0 Å². The highest BCUT2D eigenvalue weighted by atomic mass is 35.5. The largest absolute Gasteiger partial charge is 0.298 e.